The van der Waals surface area contributed by atoms with Crippen LogP contribution in [0.3, 0.4) is 0 Å². The predicted octanol–water partition coefficient (Wildman–Crippen LogP) is 2.15. The second kappa shape index (κ2) is 7.40. The molecule has 0 N–H and O–H groups in total. The van der Waals surface area contributed by atoms with Crippen molar-refractivity contribution >= 4 is 15.9 Å². The number of sulfonamides is 1. The van der Waals surface area contributed by atoms with Crippen molar-refractivity contribution in [3.8, 4) is 0 Å². The number of rotatable bonds is 4. The summed E-state index contributed by atoms with van der Waals surface area (Å²) in [5.74, 6) is -1.94. The second-order valence-electron chi connectivity index (χ2n) is 5.57. The highest BCUT2D eigenvalue weighted by Gasteiger charge is 2.32. The molecule has 24 heavy (non-hydrogen) atoms. The van der Waals surface area contributed by atoms with Gasteiger partial charge in [-0.25, -0.2) is 17.2 Å². The third-order valence-electron chi connectivity index (χ3n) is 3.88. The minimum atomic E-state index is -4.13. The molecule has 1 fully saturated rings. The van der Waals surface area contributed by atoms with Crippen molar-refractivity contribution in [3.63, 3.8) is 0 Å². The van der Waals surface area contributed by atoms with Gasteiger partial charge in [-0.3, -0.25) is 4.79 Å². The maximum absolute atomic E-state index is 13.8. The van der Waals surface area contributed by atoms with Gasteiger partial charge < -0.3 is 4.90 Å². The van der Waals surface area contributed by atoms with E-state index in [1.807, 2.05) is 13.0 Å². The smallest absolute Gasteiger partial charge is 0.249 e. The Labute approximate surface area is 140 Å². The van der Waals surface area contributed by atoms with Crippen molar-refractivity contribution in [1.82, 2.24) is 9.21 Å². The average molecular weight is 358 g/mol. The molecule has 1 heterocycles. The summed E-state index contributed by atoms with van der Waals surface area (Å²) in [7, 11) is -4.13. The third kappa shape index (κ3) is 3.81. The Morgan fingerprint density at radius 1 is 1.21 bits per heavy atom. The lowest BCUT2D eigenvalue weighted by Crippen LogP contribution is -2.50. The summed E-state index contributed by atoms with van der Waals surface area (Å²) in [5, 5.41) is 0. The normalized spacial score (nSPS) is 17.2. The molecule has 1 amide bonds. The number of halogens is 2. The van der Waals surface area contributed by atoms with E-state index in [1.165, 1.54) is 0 Å². The van der Waals surface area contributed by atoms with Gasteiger partial charge in [0.05, 0.1) is 0 Å². The Bertz CT molecular complexity index is 755. The van der Waals surface area contributed by atoms with Gasteiger partial charge in [-0.05, 0) is 31.5 Å². The van der Waals surface area contributed by atoms with Crippen LogP contribution in [0.15, 0.2) is 34.7 Å². The molecular formula is C16H20F2N2O3S. The lowest BCUT2D eigenvalue weighted by molar-refractivity contribution is -0.128. The standard InChI is InChI=1S/C16H20F2N2O3S/c1-3-4-12(2)16(21)19-7-9-20(10-8-19)24(22,23)15-11-13(17)5-6-14(15)18/h4-6,11H,3,7-10H2,1-2H3/b12-4-. The van der Waals surface area contributed by atoms with Crippen molar-refractivity contribution < 1.29 is 22.0 Å². The van der Waals surface area contributed by atoms with Crippen LogP contribution in [0.5, 0.6) is 0 Å². The van der Waals surface area contributed by atoms with E-state index >= 15 is 0 Å². The maximum Gasteiger partial charge on any atom is 0.249 e. The fourth-order valence-corrected chi connectivity index (χ4v) is 4.09. The van der Waals surface area contributed by atoms with Crippen LogP contribution in [-0.4, -0.2) is 49.7 Å². The van der Waals surface area contributed by atoms with Gasteiger partial charge in [-0.2, -0.15) is 4.31 Å². The molecular weight excluding hydrogens is 338 g/mol. The summed E-state index contributed by atoms with van der Waals surface area (Å²) in [6.07, 6.45) is 2.55. The average Bonchev–Trinajstić information content (AvgIpc) is 2.56. The third-order valence-corrected chi connectivity index (χ3v) is 5.80. The fraction of sp³-hybridized carbons (Fsp3) is 0.438. The number of piperazine rings is 1. The maximum atomic E-state index is 13.8. The van der Waals surface area contributed by atoms with Crippen molar-refractivity contribution in [2.75, 3.05) is 26.2 Å². The van der Waals surface area contributed by atoms with Crippen LogP contribution in [0.4, 0.5) is 8.78 Å². The zero-order valence-corrected chi connectivity index (χ0v) is 14.4. The van der Waals surface area contributed by atoms with E-state index < -0.39 is 26.6 Å². The van der Waals surface area contributed by atoms with Gasteiger partial charge >= 0.3 is 0 Å². The minimum absolute atomic E-state index is 0.0451. The van der Waals surface area contributed by atoms with Gasteiger partial charge in [0.2, 0.25) is 15.9 Å². The zero-order valence-electron chi connectivity index (χ0n) is 13.6. The summed E-state index contributed by atoms with van der Waals surface area (Å²) in [5.41, 5.74) is 0.616. The number of nitrogens with zero attached hydrogens (tertiary/aromatic N) is 2. The van der Waals surface area contributed by atoms with Crippen molar-refractivity contribution in [2.45, 2.75) is 25.2 Å². The van der Waals surface area contributed by atoms with E-state index in [0.29, 0.717) is 11.6 Å². The summed E-state index contributed by atoms with van der Waals surface area (Å²) >= 11 is 0. The molecule has 1 aliphatic rings. The summed E-state index contributed by atoms with van der Waals surface area (Å²) in [6, 6.07) is 2.34. The van der Waals surface area contributed by atoms with Crippen molar-refractivity contribution in [3.05, 3.63) is 41.5 Å². The Hall–Kier alpha value is -1.80. The monoisotopic (exact) mass is 358 g/mol. The van der Waals surface area contributed by atoms with Crippen LogP contribution in [0.25, 0.3) is 0 Å². The molecule has 0 bridgehead atoms. The van der Waals surface area contributed by atoms with Crippen LogP contribution in [0, 0.1) is 11.6 Å². The zero-order chi connectivity index (χ0) is 17.9. The highest BCUT2D eigenvalue weighted by atomic mass is 32.2. The van der Waals surface area contributed by atoms with Crippen LogP contribution < -0.4 is 0 Å². The molecule has 5 nitrogen and oxygen atoms in total. The highest BCUT2D eigenvalue weighted by Crippen LogP contribution is 2.22. The van der Waals surface area contributed by atoms with Gasteiger partial charge in [-0.1, -0.05) is 13.0 Å². The van der Waals surface area contributed by atoms with E-state index in [1.54, 1.807) is 11.8 Å². The molecule has 0 atom stereocenters. The number of amides is 1. The second-order valence-corrected chi connectivity index (χ2v) is 7.47. The number of carbonyl (C=O) groups excluding carboxylic acids is 1. The molecule has 132 valence electrons. The highest BCUT2D eigenvalue weighted by molar-refractivity contribution is 7.89. The van der Waals surface area contributed by atoms with E-state index in [2.05, 4.69) is 0 Å². The summed E-state index contributed by atoms with van der Waals surface area (Å²) in [6.45, 7) is 4.16. The van der Waals surface area contributed by atoms with Crippen LogP contribution in [0.2, 0.25) is 0 Å². The molecule has 2 rings (SSSR count). The Balaban J connectivity index is 2.13. The first-order chi connectivity index (χ1) is 11.3. The molecule has 0 spiro atoms. The first kappa shape index (κ1) is 18.5. The first-order valence-corrected chi connectivity index (χ1v) is 9.12. The van der Waals surface area contributed by atoms with Crippen LogP contribution in [0.1, 0.15) is 20.3 Å². The molecule has 0 radical (unpaired) electrons. The SMILES string of the molecule is CC/C=C(/C)C(=O)N1CCN(S(=O)(=O)c2cc(F)ccc2F)CC1. The molecule has 8 heteroatoms. The van der Waals surface area contributed by atoms with E-state index in [9.17, 15) is 22.0 Å². The summed E-state index contributed by atoms with van der Waals surface area (Å²) < 4.78 is 53.1. The number of carbonyl (C=O) groups is 1. The van der Waals surface area contributed by atoms with E-state index in [4.69, 9.17) is 0 Å². The number of hydrogen-bond acceptors (Lipinski definition) is 3. The van der Waals surface area contributed by atoms with E-state index in [0.717, 1.165) is 22.9 Å². The van der Waals surface area contributed by atoms with Gasteiger partial charge in [0.1, 0.15) is 16.5 Å². The van der Waals surface area contributed by atoms with Gasteiger partial charge in [0.25, 0.3) is 0 Å². The first-order valence-electron chi connectivity index (χ1n) is 7.68. The molecule has 0 aromatic heterocycles. The largest absolute Gasteiger partial charge is 0.336 e. The Morgan fingerprint density at radius 2 is 1.83 bits per heavy atom. The van der Waals surface area contributed by atoms with Crippen LogP contribution in [-0.2, 0) is 14.8 Å². The molecule has 1 aromatic rings. The molecule has 1 saturated heterocycles. The summed E-state index contributed by atoms with van der Waals surface area (Å²) in [4.78, 5) is 13.1. The van der Waals surface area contributed by atoms with Gasteiger partial charge in [-0.15, -0.1) is 0 Å². The minimum Gasteiger partial charge on any atom is -0.336 e. The molecule has 1 aromatic carbocycles. The van der Waals surface area contributed by atoms with Crippen molar-refractivity contribution in [2.24, 2.45) is 0 Å². The van der Waals surface area contributed by atoms with Gasteiger partial charge in [0, 0.05) is 31.8 Å². The topological polar surface area (TPSA) is 57.7 Å². The number of allylic oxidation sites excluding steroid dienone is 1. The lowest BCUT2D eigenvalue weighted by atomic mass is 10.2. The molecule has 1 aliphatic heterocycles. The quantitative estimate of drug-likeness (QED) is 0.775. The predicted molar refractivity (Wildman–Crippen MR) is 85.7 cm³/mol. The number of benzene rings is 1. The van der Waals surface area contributed by atoms with Gasteiger partial charge in [0.15, 0.2) is 0 Å². The van der Waals surface area contributed by atoms with Crippen LogP contribution >= 0.6 is 0 Å². The lowest BCUT2D eigenvalue weighted by Gasteiger charge is -2.34. The van der Waals surface area contributed by atoms with Crippen molar-refractivity contribution in [1.29, 1.82) is 0 Å². The van der Waals surface area contributed by atoms with E-state index in [-0.39, 0.29) is 32.1 Å². The number of hydrogen-bond donors (Lipinski definition) is 0. The fourth-order valence-electron chi connectivity index (χ4n) is 2.59. The Kier molecular flexibility index (Phi) is 5.71. The molecule has 0 unspecified atom stereocenters. The Morgan fingerprint density at radius 3 is 2.42 bits per heavy atom. The molecule has 0 saturated carbocycles. The molecule has 0 aliphatic carbocycles.